The van der Waals surface area contributed by atoms with Gasteiger partial charge in [-0.2, -0.15) is 0 Å². The van der Waals surface area contributed by atoms with E-state index in [9.17, 15) is 9.90 Å². The highest BCUT2D eigenvalue weighted by Gasteiger charge is 2.16. The number of hydrogen-bond donors (Lipinski definition) is 1. The van der Waals surface area contributed by atoms with Crippen LogP contribution in [-0.4, -0.2) is 15.9 Å². The number of aryl methyl sites for hydroxylation is 1. The van der Waals surface area contributed by atoms with Crippen molar-refractivity contribution in [3.05, 3.63) is 106 Å². The predicted molar refractivity (Wildman–Crippen MR) is 114 cm³/mol. The number of benzene rings is 3. The predicted octanol–water partition coefficient (Wildman–Crippen LogP) is 4.62. The Morgan fingerprint density at radius 3 is 2.25 bits per heavy atom. The summed E-state index contributed by atoms with van der Waals surface area (Å²) < 4.78 is 1.34. The Morgan fingerprint density at radius 1 is 0.893 bits per heavy atom. The lowest BCUT2D eigenvalue weighted by Gasteiger charge is -2.14. The van der Waals surface area contributed by atoms with Crippen LogP contribution in [0, 0.1) is 6.92 Å². The fraction of sp³-hybridized carbons (Fsp3) is 0.0833. The van der Waals surface area contributed by atoms with Crippen LogP contribution in [-0.2, 0) is 6.54 Å². The van der Waals surface area contributed by atoms with Crippen LogP contribution in [0.4, 0.5) is 0 Å². The summed E-state index contributed by atoms with van der Waals surface area (Å²) in [5, 5.41) is 12.2. The average molecular weight is 368 g/mol. The third-order valence-corrected chi connectivity index (χ3v) is 4.73. The van der Waals surface area contributed by atoms with Gasteiger partial charge in [-0.05, 0) is 30.7 Å². The second kappa shape index (κ2) is 7.53. The van der Waals surface area contributed by atoms with Crippen molar-refractivity contribution in [1.82, 2.24) is 4.57 Å². The van der Waals surface area contributed by atoms with E-state index in [0.29, 0.717) is 28.6 Å². The molecule has 1 N–H and O–H groups in total. The van der Waals surface area contributed by atoms with E-state index in [1.807, 2.05) is 79.7 Å². The zero-order chi connectivity index (χ0) is 19.5. The van der Waals surface area contributed by atoms with Gasteiger partial charge in [0.05, 0.1) is 17.8 Å². The van der Waals surface area contributed by atoms with E-state index in [2.05, 4.69) is 4.99 Å². The fourth-order valence-corrected chi connectivity index (χ4v) is 3.25. The molecule has 0 saturated carbocycles. The maximum Gasteiger partial charge on any atom is 0.265 e. The van der Waals surface area contributed by atoms with Gasteiger partial charge < -0.3 is 5.11 Å². The highest BCUT2D eigenvalue weighted by molar-refractivity contribution is 6.01. The van der Waals surface area contributed by atoms with Crippen molar-refractivity contribution in [1.29, 1.82) is 0 Å². The maximum atomic E-state index is 13.0. The van der Waals surface area contributed by atoms with Gasteiger partial charge in [0.25, 0.3) is 5.56 Å². The van der Waals surface area contributed by atoms with Crippen LogP contribution in [0.3, 0.4) is 0 Å². The van der Waals surface area contributed by atoms with Crippen LogP contribution >= 0.6 is 0 Å². The molecule has 1 aromatic heterocycles. The first-order valence-electron chi connectivity index (χ1n) is 9.12. The molecule has 0 unspecified atom stereocenters. The van der Waals surface area contributed by atoms with E-state index in [1.165, 1.54) is 4.57 Å². The van der Waals surface area contributed by atoms with Crippen LogP contribution in [0.1, 0.15) is 16.7 Å². The Balaban J connectivity index is 1.87. The van der Waals surface area contributed by atoms with E-state index >= 15 is 0 Å². The molecular formula is C24H20N2O2. The molecule has 0 saturated heterocycles. The molecule has 0 amide bonds. The summed E-state index contributed by atoms with van der Waals surface area (Å²) in [7, 11) is 0. The van der Waals surface area contributed by atoms with Crippen molar-refractivity contribution >= 4 is 17.0 Å². The Labute approximate surface area is 163 Å². The smallest absolute Gasteiger partial charge is 0.265 e. The number of aromatic hydroxyl groups is 1. The lowest BCUT2D eigenvalue weighted by atomic mass is 10.1. The first-order chi connectivity index (χ1) is 13.6. The number of hydrogen-bond acceptors (Lipinski definition) is 3. The standard InChI is InChI=1S/C24H20N2O2/c1-17-11-13-19(14-12-17)26-23(27)21-10-6-5-9-20(21)22(24(26)28)16-25-15-18-7-3-2-4-8-18/h2-14,16,28H,15H2,1H3. The van der Waals surface area contributed by atoms with Gasteiger partial charge in [-0.15, -0.1) is 0 Å². The molecule has 0 aliphatic carbocycles. The van der Waals surface area contributed by atoms with Gasteiger partial charge in [0.15, 0.2) is 0 Å². The number of aromatic nitrogens is 1. The van der Waals surface area contributed by atoms with Crippen molar-refractivity contribution in [2.45, 2.75) is 13.5 Å². The summed E-state index contributed by atoms with van der Waals surface area (Å²) in [5.41, 5.74) is 3.07. The number of nitrogens with zero attached hydrogens (tertiary/aromatic N) is 2. The number of aliphatic imine (C=N–C) groups is 1. The fourth-order valence-electron chi connectivity index (χ4n) is 3.25. The van der Waals surface area contributed by atoms with Crippen LogP contribution in [0.5, 0.6) is 5.88 Å². The van der Waals surface area contributed by atoms with Crippen LogP contribution < -0.4 is 5.56 Å². The number of rotatable bonds is 4. The molecule has 0 bridgehead atoms. The van der Waals surface area contributed by atoms with Crippen LogP contribution in [0.15, 0.2) is 88.6 Å². The molecular weight excluding hydrogens is 348 g/mol. The minimum atomic E-state index is -0.253. The van der Waals surface area contributed by atoms with E-state index in [1.54, 1.807) is 12.3 Å². The Kier molecular flexibility index (Phi) is 4.77. The summed E-state index contributed by atoms with van der Waals surface area (Å²) in [6, 6.07) is 24.7. The summed E-state index contributed by atoms with van der Waals surface area (Å²) in [6.45, 7) is 2.48. The molecule has 0 aliphatic rings. The van der Waals surface area contributed by atoms with Gasteiger partial charge in [0, 0.05) is 17.0 Å². The van der Waals surface area contributed by atoms with Gasteiger partial charge in [0.1, 0.15) is 0 Å². The Morgan fingerprint density at radius 2 is 1.54 bits per heavy atom. The first-order valence-corrected chi connectivity index (χ1v) is 9.12. The SMILES string of the molecule is Cc1ccc(-n2c(O)c(C=NCc3ccccc3)c3ccccc3c2=O)cc1. The van der Waals surface area contributed by atoms with E-state index < -0.39 is 0 Å². The highest BCUT2D eigenvalue weighted by Crippen LogP contribution is 2.26. The summed E-state index contributed by atoms with van der Waals surface area (Å²) in [6.07, 6.45) is 1.65. The lowest BCUT2D eigenvalue weighted by molar-refractivity contribution is 0.436. The third kappa shape index (κ3) is 3.32. The summed E-state index contributed by atoms with van der Waals surface area (Å²) in [4.78, 5) is 17.5. The lowest BCUT2D eigenvalue weighted by Crippen LogP contribution is -2.20. The van der Waals surface area contributed by atoms with E-state index in [0.717, 1.165) is 11.1 Å². The molecule has 0 fully saturated rings. The minimum Gasteiger partial charge on any atom is -0.494 e. The van der Waals surface area contributed by atoms with Gasteiger partial charge in [-0.25, -0.2) is 4.57 Å². The van der Waals surface area contributed by atoms with Crippen molar-refractivity contribution < 1.29 is 5.11 Å². The Bertz CT molecular complexity index is 1210. The Hall–Kier alpha value is -3.66. The second-order valence-corrected chi connectivity index (χ2v) is 6.71. The van der Waals surface area contributed by atoms with Gasteiger partial charge in [-0.1, -0.05) is 66.2 Å². The summed E-state index contributed by atoms with van der Waals surface area (Å²) in [5.74, 6) is -0.107. The zero-order valence-electron chi connectivity index (χ0n) is 15.5. The average Bonchev–Trinajstić information content (AvgIpc) is 2.73. The molecule has 4 nitrogen and oxygen atoms in total. The molecule has 4 aromatic rings. The molecule has 4 rings (SSSR count). The quantitative estimate of drug-likeness (QED) is 0.534. The number of fused-ring (bicyclic) bond motifs is 1. The van der Waals surface area contributed by atoms with Gasteiger partial charge in [0.2, 0.25) is 5.88 Å². The van der Waals surface area contributed by atoms with Crippen LogP contribution in [0.2, 0.25) is 0 Å². The molecule has 0 atom stereocenters. The second-order valence-electron chi connectivity index (χ2n) is 6.71. The maximum absolute atomic E-state index is 13.0. The molecule has 28 heavy (non-hydrogen) atoms. The molecule has 0 radical (unpaired) electrons. The monoisotopic (exact) mass is 368 g/mol. The normalized spacial score (nSPS) is 11.3. The van der Waals surface area contributed by atoms with Crippen molar-refractivity contribution in [2.24, 2.45) is 4.99 Å². The molecule has 4 heteroatoms. The van der Waals surface area contributed by atoms with Crippen molar-refractivity contribution in [3.63, 3.8) is 0 Å². The van der Waals surface area contributed by atoms with E-state index in [-0.39, 0.29) is 11.4 Å². The largest absolute Gasteiger partial charge is 0.494 e. The summed E-state index contributed by atoms with van der Waals surface area (Å²) >= 11 is 0. The molecule has 138 valence electrons. The van der Waals surface area contributed by atoms with E-state index in [4.69, 9.17) is 0 Å². The topological polar surface area (TPSA) is 54.6 Å². The van der Waals surface area contributed by atoms with Gasteiger partial charge >= 0.3 is 0 Å². The first kappa shape index (κ1) is 17.7. The third-order valence-electron chi connectivity index (χ3n) is 4.73. The molecule has 0 spiro atoms. The van der Waals surface area contributed by atoms with Crippen molar-refractivity contribution in [3.8, 4) is 11.6 Å². The van der Waals surface area contributed by atoms with Crippen LogP contribution in [0.25, 0.3) is 16.5 Å². The highest BCUT2D eigenvalue weighted by atomic mass is 16.3. The number of pyridine rings is 1. The molecule has 1 heterocycles. The van der Waals surface area contributed by atoms with Crippen molar-refractivity contribution in [2.75, 3.05) is 0 Å². The molecule has 3 aromatic carbocycles. The minimum absolute atomic E-state index is 0.107. The van der Waals surface area contributed by atoms with Gasteiger partial charge in [-0.3, -0.25) is 9.79 Å². The zero-order valence-corrected chi connectivity index (χ0v) is 15.5. The molecule has 0 aliphatic heterocycles.